The molecule has 1 unspecified atom stereocenters. The van der Waals surface area contributed by atoms with E-state index in [9.17, 15) is 18.0 Å². The van der Waals surface area contributed by atoms with Crippen molar-refractivity contribution in [1.29, 1.82) is 0 Å². The fraction of sp³-hybridized carbons (Fsp3) is 0.500. The number of quaternary nitrogens is 1. The van der Waals surface area contributed by atoms with Gasteiger partial charge in [-0.05, 0) is 18.2 Å². The third kappa shape index (κ3) is 5.00. The Morgan fingerprint density at radius 3 is 2.68 bits per heavy atom. The molecule has 0 radical (unpaired) electrons. The van der Waals surface area contributed by atoms with Crippen LogP contribution in [0.5, 0.6) is 0 Å². The van der Waals surface area contributed by atoms with E-state index in [1.54, 1.807) is 26.0 Å². The second-order valence-electron chi connectivity index (χ2n) is 5.87. The van der Waals surface area contributed by atoms with E-state index in [0.29, 0.717) is 31.9 Å². The summed E-state index contributed by atoms with van der Waals surface area (Å²) in [7, 11) is -3.57. The van der Waals surface area contributed by atoms with Crippen LogP contribution >= 0.6 is 0 Å². The first-order valence-electron chi connectivity index (χ1n) is 8.37. The number of anilines is 1. The summed E-state index contributed by atoms with van der Waals surface area (Å²) < 4.78 is 26.5. The molecular formula is C16H25N4O4S+. The number of piperazine rings is 1. The van der Waals surface area contributed by atoms with Crippen LogP contribution in [0.1, 0.15) is 13.8 Å². The average molecular weight is 369 g/mol. The molecule has 0 saturated carbocycles. The smallest absolute Gasteiger partial charge is 0.279 e. The Labute approximate surface area is 148 Å². The van der Waals surface area contributed by atoms with Crippen LogP contribution in [-0.2, 0) is 19.6 Å². The van der Waals surface area contributed by atoms with Gasteiger partial charge in [0.15, 0.2) is 13.1 Å². The van der Waals surface area contributed by atoms with Crippen LogP contribution in [0, 0.1) is 0 Å². The second-order valence-corrected chi connectivity index (χ2v) is 7.81. The van der Waals surface area contributed by atoms with Gasteiger partial charge in [0.2, 0.25) is 10.0 Å². The van der Waals surface area contributed by atoms with Crippen LogP contribution in [0.3, 0.4) is 0 Å². The van der Waals surface area contributed by atoms with Gasteiger partial charge in [-0.25, -0.2) is 8.42 Å². The highest BCUT2D eigenvalue weighted by Gasteiger charge is 2.24. The molecule has 138 valence electrons. The summed E-state index contributed by atoms with van der Waals surface area (Å²) in [6.07, 6.45) is 0. The van der Waals surface area contributed by atoms with E-state index in [1.165, 1.54) is 16.4 Å². The predicted molar refractivity (Wildman–Crippen MR) is 93.8 cm³/mol. The minimum atomic E-state index is -3.57. The Hall–Kier alpha value is -1.97. The first kappa shape index (κ1) is 19.4. The summed E-state index contributed by atoms with van der Waals surface area (Å²) in [5, 5.41) is 5.43. The van der Waals surface area contributed by atoms with Crippen molar-refractivity contribution in [2.24, 2.45) is 0 Å². The Morgan fingerprint density at radius 1 is 1.32 bits per heavy atom. The maximum absolute atomic E-state index is 12.6. The summed E-state index contributed by atoms with van der Waals surface area (Å²) >= 11 is 0. The summed E-state index contributed by atoms with van der Waals surface area (Å²) in [5.41, 5.74) is 0.430. The van der Waals surface area contributed by atoms with E-state index in [4.69, 9.17) is 0 Å². The van der Waals surface area contributed by atoms with Crippen LogP contribution in [0.2, 0.25) is 0 Å². The zero-order chi connectivity index (χ0) is 18.4. The fourth-order valence-corrected chi connectivity index (χ4v) is 4.29. The van der Waals surface area contributed by atoms with E-state index < -0.39 is 10.0 Å². The van der Waals surface area contributed by atoms with Crippen molar-refractivity contribution >= 4 is 27.5 Å². The third-order valence-electron chi connectivity index (χ3n) is 4.08. The quantitative estimate of drug-likeness (QED) is 0.554. The van der Waals surface area contributed by atoms with Crippen LogP contribution < -0.4 is 15.5 Å². The van der Waals surface area contributed by atoms with Gasteiger partial charge in [-0.1, -0.05) is 19.9 Å². The molecule has 1 aliphatic heterocycles. The number of rotatable bonds is 7. The van der Waals surface area contributed by atoms with Gasteiger partial charge in [-0.3, -0.25) is 9.59 Å². The number of carbonyl (C=O) groups excluding carboxylic acids is 2. The average Bonchev–Trinajstić information content (AvgIpc) is 2.56. The zero-order valence-electron chi connectivity index (χ0n) is 14.5. The zero-order valence-corrected chi connectivity index (χ0v) is 15.4. The third-order valence-corrected chi connectivity index (χ3v) is 6.13. The molecule has 1 atom stereocenters. The topological polar surface area (TPSA) is 100 Å². The van der Waals surface area contributed by atoms with Crippen molar-refractivity contribution in [2.75, 3.05) is 44.6 Å². The van der Waals surface area contributed by atoms with Crippen molar-refractivity contribution in [3.8, 4) is 0 Å². The fourth-order valence-electron chi connectivity index (χ4n) is 2.79. The standard InChI is InChI=1S/C16H24N4O4S/c1-3-20(4-2)25(23,24)14-7-5-6-13(10-14)18-16(22)12-19-9-8-17-15(21)11-19/h5-7,10H,3-4,8-9,11-12H2,1-2H3,(H,17,21)(H,18,22)/p+1. The molecule has 1 aliphatic rings. The number of sulfonamides is 1. The highest BCUT2D eigenvalue weighted by atomic mass is 32.2. The Bertz CT molecular complexity index is 731. The van der Waals surface area contributed by atoms with E-state index >= 15 is 0 Å². The molecule has 0 aromatic heterocycles. The van der Waals surface area contributed by atoms with Crippen molar-refractivity contribution in [3.63, 3.8) is 0 Å². The van der Waals surface area contributed by atoms with Gasteiger partial charge >= 0.3 is 0 Å². The van der Waals surface area contributed by atoms with Crippen LogP contribution in [0.4, 0.5) is 5.69 Å². The normalized spacial score (nSPS) is 18.0. The number of hydrogen-bond acceptors (Lipinski definition) is 4. The van der Waals surface area contributed by atoms with Crippen LogP contribution in [0.15, 0.2) is 29.2 Å². The molecule has 9 heteroatoms. The van der Waals surface area contributed by atoms with E-state index in [1.807, 2.05) is 0 Å². The molecule has 2 amide bonds. The Kier molecular flexibility index (Phi) is 6.51. The predicted octanol–water partition coefficient (Wildman–Crippen LogP) is -1.33. The maximum atomic E-state index is 12.6. The molecule has 1 heterocycles. The first-order valence-corrected chi connectivity index (χ1v) is 9.81. The maximum Gasteiger partial charge on any atom is 0.279 e. The van der Waals surface area contributed by atoms with Crippen molar-refractivity contribution < 1.29 is 22.9 Å². The lowest BCUT2D eigenvalue weighted by atomic mass is 10.3. The Morgan fingerprint density at radius 2 is 2.04 bits per heavy atom. The molecular weight excluding hydrogens is 344 g/mol. The molecule has 1 fully saturated rings. The summed E-state index contributed by atoms with van der Waals surface area (Å²) in [6.45, 7) is 6.01. The van der Waals surface area contributed by atoms with Gasteiger partial charge in [0, 0.05) is 18.8 Å². The van der Waals surface area contributed by atoms with Crippen molar-refractivity contribution in [2.45, 2.75) is 18.7 Å². The van der Waals surface area contributed by atoms with E-state index in [2.05, 4.69) is 10.6 Å². The lowest BCUT2D eigenvalue weighted by Crippen LogP contribution is -3.16. The second kappa shape index (κ2) is 8.41. The number of amides is 2. The molecule has 1 aromatic rings. The molecule has 25 heavy (non-hydrogen) atoms. The Balaban J connectivity index is 2.06. The number of benzene rings is 1. The molecule has 8 nitrogen and oxygen atoms in total. The van der Waals surface area contributed by atoms with Gasteiger partial charge in [0.1, 0.15) is 0 Å². The molecule has 0 spiro atoms. The lowest BCUT2D eigenvalue weighted by Gasteiger charge is -2.23. The van der Waals surface area contributed by atoms with Crippen molar-refractivity contribution in [1.82, 2.24) is 9.62 Å². The summed E-state index contributed by atoms with van der Waals surface area (Å²) in [4.78, 5) is 24.6. The molecule has 3 N–H and O–H groups in total. The van der Waals surface area contributed by atoms with Gasteiger partial charge in [0.25, 0.3) is 11.8 Å². The minimum Gasteiger partial charge on any atom is -0.346 e. The summed E-state index contributed by atoms with van der Waals surface area (Å²) in [5.74, 6) is -0.316. The van der Waals surface area contributed by atoms with E-state index in [0.717, 1.165) is 4.90 Å². The molecule has 0 bridgehead atoms. The van der Waals surface area contributed by atoms with Gasteiger partial charge in [-0.2, -0.15) is 4.31 Å². The van der Waals surface area contributed by atoms with Crippen LogP contribution in [-0.4, -0.2) is 63.8 Å². The summed E-state index contributed by atoms with van der Waals surface area (Å²) in [6, 6.07) is 6.23. The van der Waals surface area contributed by atoms with Crippen LogP contribution in [0.25, 0.3) is 0 Å². The molecule has 1 aromatic carbocycles. The highest BCUT2D eigenvalue weighted by molar-refractivity contribution is 7.89. The van der Waals surface area contributed by atoms with E-state index in [-0.39, 0.29) is 29.8 Å². The number of nitrogens with one attached hydrogen (secondary N) is 3. The molecule has 1 saturated heterocycles. The molecule has 2 rings (SSSR count). The number of hydrogen-bond donors (Lipinski definition) is 3. The largest absolute Gasteiger partial charge is 0.346 e. The number of nitrogens with zero attached hydrogens (tertiary/aromatic N) is 1. The van der Waals surface area contributed by atoms with Gasteiger partial charge in [0.05, 0.1) is 18.0 Å². The van der Waals surface area contributed by atoms with Gasteiger partial charge < -0.3 is 15.5 Å². The SMILES string of the molecule is CCN(CC)S(=O)(=O)c1cccc(NC(=O)C[NH+]2CCNC(=O)C2)c1. The monoisotopic (exact) mass is 369 g/mol. The van der Waals surface area contributed by atoms with Crippen molar-refractivity contribution in [3.05, 3.63) is 24.3 Å². The lowest BCUT2D eigenvalue weighted by molar-refractivity contribution is -0.885. The minimum absolute atomic E-state index is 0.0682. The molecule has 0 aliphatic carbocycles. The number of carbonyl (C=O) groups is 2. The van der Waals surface area contributed by atoms with Gasteiger partial charge in [-0.15, -0.1) is 0 Å². The highest BCUT2D eigenvalue weighted by Crippen LogP contribution is 2.19. The first-order chi connectivity index (χ1) is 11.9.